The van der Waals surface area contributed by atoms with Gasteiger partial charge in [0.2, 0.25) is 11.8 Å². The number of hydrogen-bond acceptors (Lipinski definition) is 6. The summed E-state index contributed by atoms with van der Waals surface area (Å²) < 4.78 is 53.2. The van der Waals surface area contributed by atoms with Crippen LogP contribution < -0.4 is 4.90 Å². The van der Waals surface area contributed by atoms with E-state index >= 15 is 0 Å². The minimum atomic E-state index is -4.84. The van der Waals surface area contributed by atoms with E-state index in [0.717, 1.165) is 11.0 Å². The van der Waals surface area contributed by atoms with Gasteiger partial charge in [-0.3, -0.25) is 9.59 Å². The van der Waals surface area contributed by atoms with Gasteiger partial charge in [0.25, 0.3) is 0 Å². The number of rotatable bonds is 5. The van der Waals surface area contributed by atoms with Gasteiger partial charge in [-0.25, -0.2) is 4.90 Å². The average molecular weight is 525 g/mol. The fourth-order valence-corrected chi connectivity index (χ4v) is 6.62. The number of anilines is 1. The fourth-order valence-electron chi connectivity index (χ4n) is 5.58. The minimum Gasteiger partial charge on any atom is -0.417 e. The van der Waals surface area contributed by atoms with E-state index in [9.17, 15) is 27.9 Å². The predicted octanol–water partition coefficient (Wildman–Crippen LogP) is 4.39. The highest BCUT2D eigenvalue weighted by Gasteiger charge is 2.77. The van der Waals surface area contributed by atoms with Crippen molar-refractivity contribution in [3.8, 4) is 6.07 Å². The Kier molecular flexibility index (Phi) is 6.04. The number of carbonyl (C=O) groups is 2. The quantitative estimate of drug-likeness (QED) is 0.453. The molecular weight excluding hydrogens is 493 g/mol. The number of nitriles is 1. The van der Waals surface area contributed by atoms with Gasteiger partial charge in [0.15, 0.2) is 8.32 Å². The standard InChI is InChI=1S/C25H31F3N2O5Si/c1-22(2,3)36(5,6)34-10-9-24-12-17(31)23(4,35-24)18-19(24)21(33)30(20(18)32)15-8-7-14(13-29)16(11-15)25(26,27)28/h7-8,11,17-19,31H,9-10,12H2,1-6H3/t17-,18-,19+,23-,24+/m1/s1. The lowest BCUT2D eigenvalue weighted by Crippen LogP contribution is -2.50. The number of ether oxygens (including phenoxy) is 1. The number of aliphatic hydroxyl groups is 1. The number of nitrogens with zero attached hydrogens (tertiary/aromatic N) is 2. The van der Waals surface area contributed by atoms with Gasteiger partial charge in [0, 0.05) is 13.0 Å². The highest BCUT2D eigenvalue weighted by atomic mass is 28.4. The number of amides is 2. The highest BCUT2D eigenvalue weighted by molar-refractivity contribution is 6.74. The monoisotopic (exact) mass is 524 g/mol. The second kappa shape index (κ2) is 8.12. The summed E-state index contributed by atoms with van der Waals surface area (Å²) in [6.07, 6.45) is -5.47. The van der Waals surface area contributed by atoms with Crippen molar-refractivity contribution in [3.05, 3.63) is 29.3 Å². The van der Waals surface area contributed by atoms with Gasteiger partial charge in [-0.15, -0.1) is 0 Å². The molecule has 0 radical (unpaired) electrons. The number of imide groups is 1. The van der Waals surface area contributed by atoms with Crippen molar-refractivity contribution in [2.75, 3.05) is 11.5 Å². The maximum Gasteiger partial charge on any atom is 0.417 e. The van der Waals surface area contributed by atoms with Crippen molar-refractivity contribution in [1.82, 2.24) is 0 Å². The summed E-state index contributed by atoms with van der Waals surface area (Å²) in [6, 6.07) is 4.28. The first kappa shape index (κ1) is 26.8. The van der Waals surface area contributed by atoms with E-state index in [4.69, 9.17) is 14.4 Å². The van der Waals surface area contributed by atoms with E-state index in [2.05, 4.69) is 33.9 Å². The predicted molar refractivity (Wildman–Crippen MR) is 126 cm³/mol. The molecule has 5 atom stereocenters. The third-order valence-corrected chi connectivity index (χ3v) is 13.1. The third kappa shape index (κ3) is 3.81. The summed E-state index contributed by atoms with van der Waals surface area (Å²) in [5.41, 5.74) is -4.58. The van der Waals surface area contributed by atoms with E-state index < -0.39 is 66.6 Å². The number of benzene rings is 1. The van der Waals surface area contributed by atoms with Gasteiger partial charge in [-0.05, 0) is 49.7 Å². The molecule has 1 aromatic rings. The van der Waals surface area contributed by atoms with Gasteiger partial charge in [-0.1, -0.05) is 20.8 Å². The lowest BCUT2D eigenvalue weighted by atomic mass is 9.66. The van der Waals surface area contributed by atoms with Crippen molar-refractivity contribution < 1.29 is 37.0 Å². The summed E-state index contributed by atoms with van der Waals surface area (Å²) in [5.74, 6) is -3.36. The summed E-state index contributed by atoms with van der Waals surface area (Å²) in [4.78, 5) is 27.9. The van der Waals surface area contributed by atoms with Crippen LogP contribution in [0.1, 0.15) is 51.7 Å². The van der Waals surface area contributed by atoms with Gasteiger partial charge in [0.05, 0.1) is 46.4 Å². The van der Waals surface area contributed by atoms with E-state index in [-0.39, 0.29) is 30.2 Å². The van der Waals surface area contributed by atoms with Gasteiger partial charge in [-0.2, -0.15) is 18.4 Å². The van der Waals surface area contributed by atoms with Crippen LogP contribution in [0.5, 0.6) is 0 Å². The SMILES string of the molecule is CC(C)(C)[Si](C)(C)OCC[C@@]12C[C@@H](O)[C@@](C)(O1)[C@H]1C(=O)N(c3ccc(C#N)c(C(F)(F)F)c3)C(=O)[C@H]12. The molecule has 3 saturated heterocycles. The highest BCUT2D eigenvalue weighted by Crippen LogP contribution is 2.62. The maximum absolute atomic E-state index is 13.6. The number of alkyl halides is 3. The molecule has 196 valence electrons. The molecule has 3 heterocycles. The molecule has 7 nitrogen and oxygen atoms in total. The summed E-state index contributed by atoms with van der Waals surface area (Å²) in [6.45, 7) is 12.3. The fraction of sp³-hybridized carbons (Fsp3) is 0.640. The lowest BCUT2D eigenvalue weighted by Gasteiger charge is -2.38. The van der Waals surface area contributed by atoms with E-state index in [1.54, 1.807) is 6.92 Å². The van der Waals surface area contributed by atoms with Crippen LogP contribution in [0.2, 0.25) is 18.1 Å². The molecule has 11 heteroatoms. The smallest absolute Gasteiger partial charge is 0.417 e. The number of fused-ring (bicyclic) bond motifs is 5. The molecule has 3 fully saturated rings. The van der Waals surface area contributed by atoms with Gasteiger partial charge < -0.3 is 14.3 Å². The molecule has 3 aliphatic heterocycles. The Morgan fingerprint density at radius 1 is 1.22 bits per heavy atom. The first-order chi connectivity index (χ1) is 16.4. The largest absolute Gasteiger partial charge is 0.417 e. The Hall–Kier alpha value is -2.26. The topological polar surface area (TPSA) is 99.9 Å². The van der Waals surface area contributed by atoms with Crippen LogP contribution in [-0.4, -0.2) is 49.2 Å². The molecule has 36 heavy (non-hydrogen) atoms. The molecule has 0 saturated carbocycles. The number of hydrogen-bond donors (Lipinski definition) is 1. The lowest BCUT2D eigenvalue weighted by molar-refractivity contribution is -0.138. The zero-order valence-corrected chi connectivity index (χ0v) is 22.2. The molecule has 0 unspecified atom stereocenters. The summed E-state index contributed by atoms with van der Waals surface area (Å²) >= 11 is 0. The van der Waals surface area contributed by atoms with Crippen LogP contribution in [-0.2, 0) is 24.9 Å². The van der Waals surface area contributed by atoms with Gasteiger partial charge in [0.1, 0.15) is 5.60 Å². The molecule has 1 N–H and O–H groups in total. The van der Waals surface area contributed by atoms with Crippen LogP contribution in [0, 0.1) is 23.2 Å². The summed E-state index contributed by atoms with van der Waals surface area (Å²) in [7, 11) is -2.12. The molecule has 0 aliphatic carbocycles. The van der Waals surface area contributed by atoms with Crippen molar-refractivity contribution in [3.63, 3.8) is 0 Å². The maximum atomic E-state index is 13.6. The first-order valence-electron chi connectivity index (χ1n) is 11.9. The Balaban J connectivity index is 1.68. The Bertz CT molecular complexity index is 1160. The zero-order chi connectivity index (χ0) is 27.1. The Morgan fingerprint density at radius 2 is 1.83 bits per heavy atom. The van der Waals surface area contributed by atoms with E-state index in [1.807, 2.05) is 0 Å². The van der Waals surface area contributed by atoms with Crippen LogP contribution in [0.4, 0.5) is 18.9 Å². The normalized spacial score (nSPS) is 32.2. The first-order valence-corrected chi connectivity index (χ1v) is 14.8. The van der Waals surface area contributed by atoms with Crippen LogP contribution in [0.15, 0.2) is 18.2 Å². The van der Waals surface area contributed by atoms with Crippen molar-refractivity contribution in [2.45, 2.75) is 82.2 Å². The number of aliphatic hydroxyl groups excluding tert-OH is 1. The average Bonchev–Trinajstić information content (AvgIpc) is 3.27. The number of halogens is 3. The Labute approximate surface area is 209 Å². The van der Waals surface area contributed by atoms with E-state index in [1.165, 1.54) is 12.1 Å². The van der Waals surface area contributed by atoms with Crippen molar-refractivity contribution in [1.29, 1.82) is 5.26 Å². The molecule has 2 amide bonds. The minimum absolute atomic E-state index is 0.0465. The molecule has 0 aromatic heterocycles. The van der Waals surface area contributed by atoms with Crippen LogP contribution in [0.25, 0.3) is 0 Å². The van der Waals surface area contributed by atoms with Crippen molar-refractivity contribution in [2.24, 2.45) is 11.8 Å². The zero-order valence-electron chi connectivity index (χ0n) is 21.2. The van der Waals surface area contributed by atoms with Gasteiger partial charge >= 0.3 is 6.18 Å². The second-order valence-corrected chi connectivity index (χ2v) is 16.5. The summed E-state index contributed by atoms with van der Waals surface area (Å²) in [5, 5.41) is 19.9. The molecule has 0 spiro atoms. The second-order valence-electron chi connectivity index (χ2n) is 11.7. The molecular formula is C25H31F3N2O5Si. The van der Waals surface area contributed by atoms with E-state index in [0.29, 0.717) is 6.07 Å². The van der Waals surface area contributed by atoms with Crippen molar-refractivity contribution >= 4 is 25.8 Å². The number of carbonyl (C=O) groups excluding carboxylic acids is 2. The van der Waals surface area contributed by atoms with Crippen LogP contribution >= 0.6 is 0 Å². The molecule has 3 aliphatic rings. The molecule has 1 aromatic carbocycles. The van der Waals surface area contributed by atoms with Crippen LogP contribution in [0.3, 0.4) is 0 Å². The molecule has 2 bridgehead atoms. The Morgan fingerprint density at radius 3 is 2.39 bits per heavy atom. The third-order valence-electron chi connectivity index (χ3n) is 8.60. The molecule has 4 rings (SSSR count).